The molecule has 1 saturated carbocycles. The number of piperidine rings is 1. The second-order valence-electron chi connectivity index (χ2n) is 6.76. The summed E-state index contributed by atoms with van der Waals surface area (Å²) in [7, 11) is 3.02. The van der Waals surface area contributed by atoms with Gasteiger partial charge in [0.2, 0.25) is 11.8 Å². The van der Waals surface area contributed by atoms with E-state index >= 15 is 0 Å². The van der Waals surface area contributed by atoms with Crippen LogP contribution in [0.3, 0.4) is 0 Å². The van der Waals surface area contributed by atoms with Crippen LogP contribution in [-0.2, 0) is 0 Å². The first-order chi connectivity index (χ1) is 10.9. The zero-order chi connectivity index (χ0) is 16.7. The van der Waals surface area contributed by atoms with Gasteiger partial charge in [0, 0.05) is 24.6 Å². The molecule has 0 bridgehead atoms. The summed E-state index contributed by atoms with van der Waals surface area (Å²) < 4.78 is 10.3. The van der Waals surface area contributed by atoms with Gasteiger partial charge in [-0.25, -0.2) is 0 Å². The van der Waals surface area contributed by atoms with Crippen molar-refractivity contribution in [3.8, 4) is 11.8 Å². The van der Waals surface area contributed by atoms with Gasteiger partial charge in [0.25, 0.3) is 5.91 Å². The third-order valence-electron chi connectivity index (χ3n) is 5.71. The van der Waals surface area contributed by atoms with E-state index in [0.717, 1.165) is 25.7 Å². The number of methoxy groups -OCH3 is 2. The van der Waals surface area contributed by atoms with E-state index in [4.69, 9.17) is 9.47 Å². The Balaban J connectivity index is 1.73. The second kappa shape index (κ2) is 5.67. The lowest BCUT2D eigenvalue weighted by molar-refractivity contribution is -0.174. The summed E-state index contributed by atoms with van der Waals surface area (Å²) in [5.74, 6) is 0.623. The maximum absolute atomic E-state index is 12.8. The zero-order valence-corrected chi connectivity index (χ0v) is 14.0. The van der Waals surface area contributed by atoms with E-state index in [1.165, 1.54) is 14.2 Å². The van der Waals surface area contributed by atoms with Crippen LogP contribution in [0.1, 0.15) is 43.0 Å². The molecule has 1 N–H and O–H groups in total. The minimum Gasteiger partial charge on any atom is -0.481 e. The zero-order valence-electron chi connectivity index (χ0n) is 14.0. The van der Waals surface area contributed by atoms with Gasteiger partial charge in [-0.15, -0.1) is 0 Å². The summed E-state index contributed by atoms with van der Waals surface area (Å²) in [6, 6.07) is 3.36. The molecule has 2 aliphatic rings. The van der Waals surface area contributed by atoms with Crippen LogP contribution in [0.25, 0.3) is 0 Å². The number of carbonyl (C=O) groups excluding carboxylic acids is 1. The number of likely N-dealkylation sites (tertiary alicyclic amines) is 1. The SMILES string of the molecule is COc1ccc(C(=O)N2CCC3(CC2)CCC3(C)O)c(OC)n1. The van der Waals surface area contributed by atoms with Crippen molar-refractivity contribution in [3.63, 3.8) is 0 Å². The molecule has 0 radical (unpaired) electrons. The van der Waals surface area contributed by atoms with Crippen LogP contribution in [0.5, 0.6) is 11.8 Å². The van der Waals surface area contributed by atoms with Crippen molar-refractivity contribution in [2.75, 3.05) is 27.3 Å². The maximum Gasteiger partial charge on any atom is 0.259 e. The van der Waals surface area contributed by atoms with Gasteiger partial charge in [-0.1, -0.05) is 0 Å². The van der Waals surface area contributed by atoms with Gasteiger partial charge >= 0.3 is 0 Å². The molecule has 1 atom stereocenters. The van der Waals surface area contributed by atoms with Crippen LogP contribution < -0.4 is 9.47 Å². The van der Waals surface area contributed by atoms with Crippen molar-refractivity contribution in [1.82, 2.24) is 9.88 Å². The molecule has 1 amide bonds. The van der Waals surface area contributed by atoms with E-state index in [2.05, 4.69) is 4.98 Å². The standard InChI is InChI=1S/C17H24N2O4/c1-16(21)6-7-17(16)8-10-19(11-9-17)15(20)12-4-5-13(22-2)18-14(12)23-3/h4-5,21H,6-11H2,1-3H3. The summed E-state index contributed by atoms with van der Waals surface area (Å²) in [5, 5.41) is 10.4. The molecule has 1 unspecified atom stereocenters. The van der Waals surface area contributed by atoms with E-state index in [9.17, 15) is 9.90 Å². The fourth-order valence-electron chi connectivity index (χ4n) is 3.79. The Morgan fingerprint density at radius 2 is 1.87 bits per heavy atom. The maximum atomic E-state index is 12.8. The molecule has 1 aliphatic carbocycles. The van der Waals surface area contributed by atoms with Gasteiger partial charge in [-0.05, 0) is 38.7 Å². The molecule has 2 heterocycles. The van der Waals surface area contributed by atoms with E-state index in [1.807, 2.05) is 11.8 Å². The number of ether oxygens (including phenoxy) is 2. The molecule has 3 rings (SSSR count). The minimum absolute atomic E-state index is 0.00791. The van der Waals surface area contributed by atoms with Crippen LogP contribution in [0.4, 0.5) is 0 Å². The van der Waals surface area contributed by atoms with Gasteiger partial charge in [0.05, 0.1) is 19.8 Å². The Kier molecular flexibility index (Phi) is 3.96. The van der Waals surface area contributed by atoms with Crippen molar-refractivity contribution in [3.05, 3.63) is 17.7 Å². The Labute approximate surface area is 136 Å². The van der Waals surface area contributed by atoms with Gasteiger partial charge in [0.15, 0.2) is 0 Å². The molecule has 1 saturated heterocycles. The van der Waals surface area contributed by atoms with Crippen molar-refractivity contribution in [2.45, 2.75) is 38.2 Å². The molecule has 6 heteroatoms. The third kappa shape index (κ3) is 2.55. The molecule has 23 heavy (non-hydrogen) atoms. The molecule has 1 aromatic rings. The first kappa shape index (κ1) is 16.1. The molecule has 2 fully saturated rings. The van der Waals surface area contributed by atoms with Crippen LogP contribution in [-0.4, -0.2) is 53.8 Å². The van der Waals surface area contributed by atoms with Crippen LogP contribution in [0.2, 0.25) is 0 Å². The Morgan fingerprint density at radius 3 is 2.35 bits per heavy atom. The number of aromatic nitrogens is 1. The summed E-state index contributed by atoms with van der Waals surface area (Å²) in [5.41, 5.74) is -0.141. The lowest BCUT2D eigenvalue weighted by Gasteiger charge is -2.58. The molecule has 0 aromatic carbocycles. The average Bonchev–Trinajstić information content (AvgIpc) is 2.59. The second-order valence-corrected chi connectivity index (χ2v) is 6.76. The first-order valence-electron chi connectivity index (χ1n) is 8.03. The lowest BCUT2D eigenvalue weighted by Crippen LogP contribution is -2.60. The van der Waals surface area contributed by atoms with E-state index in [1.54, 1.807) is 12.1 Å². The fourth-order valence-corrected chi connectivity index (χ4v) is 3.79. The topological polar surface area (TPSA) is 71.9 Å². The number of pyridine rings is 1. The number of amides is 1. The van der Waals surface area contributed by atoms with Crippen molar-refractivity contribution < 1.29 is 19.4 Å². The number of hydrogen-bond acceptors (Lipinski definition) is 5. The number of nitrogens with zero attached hydrogens (tertiary/aromatic N) is 2. The largest absolute Gasteiger partial charge is 0.481 e. The average molecular weight is 320 g/mol. The predicted octanol–water partition coefficient (Wildman–Crippen LogP) is 1.87. The van der Waals surface area contributed by atoms with Crippen LogP contribution >= 0.6 is 0 Å². The number of hydrogen-bond donors (Lipinski definition) is 1. The number of carbonyl (C=O) groups is 1. The molecular formula is C17H24N2O4. The fraction of sp³-hybridized carbons (Fsp3) is 0.647. The van der Waals surface area contributed by atoms with Gasteiger partial charge in [0.1, 0.15) is 5.56 Å². The van der Waals surface area contributed by atoms with Crippen molar-refractivity contribution >= 4 is 5.91 Å². The van der Waals surface area contributed by atoms with Crippen molar-refractivity contribution in [1.29, 1.82) is 0 Å². The summed E-state index contributed by atoms with van der Waals surface area (Å²) in [4.78, 5) is 18.8. The van der Waals surface area contributed by atoms with Crippen molar-refractivity contribution in [2.24, 2.45) is 5.41 Å². The Bertz CT molecular complexity index is 607. The Morgan fingerprint density at radius 1 is 1.17 bits per heavy atom. The molecule has 126 valence electrons. The highest BCUT2D eigenvalue weighted by atomic mass is 16.5. The van der Waals surface area contributed by atoms with Gasteiger partial charge < -0.3 is 19.5 Å². The highest BCUT2D eigenvalue weighted by molar-refractivity contribution is 5.96. The van der Waals surface area contributed by atoms with E-state index in [0.29, 0.717) is 24.5 Å². The summed E-state index contributed by atoms with van der Waals surface area (Å²) >= 11 is 0. The van der Waals surface area contributed by atoms with E-state index in [-0.39, 0.29) is 17.2 Å². The van der Waals surface area contributed by atoms with Gasteiger partial charge in [-0.3, -0.25) is 4.79 Å². The minimum atomic E-state index is -0.582. The highest BCUT2D eigenvalue weighted by Crippen LogP contribution is 2.56. The monoisotopic (exact) mass is 320 g/mol. The van der Waals surface area contributed by atoms with Crippen LogP contribution in [0.15, 0.2) is 12.1 Å². The molecule has 6 nitrogen and oxygen atoms in total. The highest BCUT2D eigenvalue weighted by Gasteiger charge is 2.55. The molecular weight excluding hydrogens is 296 g/mol. The smallest absolute Gasteiger partial charge is 0.259 e. The normalized spacial score (nSPS) is 25.8. The number of aliphatic hydroxyl groups is 1. The van der Waals surface area contributed by atoms with Crippen LogP contribution in [0, 0.1) is 5.41 Å². The number of rotatable bonds is 3. The molecule has 1 aliphatic heterocycles. The van der Waals surface area contributed by atoms with Gasteiger partial charge in [-0.2, -0.15) is 4.98 Å². The molecule has 1 spiro atoms. The Hall–Kier alpha value is -1.82. The lowest BCUT2D eigenvalue weighted by atomic mass is 9.53. The summed E-state index contributed by atoms with van der Waals surface area (Å²) in [6.45, 7) is 3.23. The third-order valence-corrected chi connectivity index (χ3v) is 5.71. The summed E-state index contributed by atoms with van der Waals surface area (Å²) in [6.07, 6.45) is 3.60. The van der Waals surface area contributed by atoms with E-state index < -0.39 is 5.60 Å². The predicted molar refractivity (Wildman–Crippen MR) is 84.8 cm³/mol. The molecule has 1 aromatic heterocycles. The first-order valence-corrected chi connectivity index (χ1v) is 8.03. The quantitative estimate of drug-likeness (QED) is 0.920.